The summed E-state index contributed by atoms with van der Waals surface area (Å²) in [7, 11) is -3.22. The highest BCUT2D eigenvalue weighted by atomic mass is 31.1. The summed E-state index contributed by atoms with van der Waals surface area (Å²) in [4.78, 5) is 64.3. The number of ether oxygens (including phenoxy) is 4. The van der Waals surface area contributed by atoms with E-state index in [1.165, 1.54) is 11.8 Å². The molecule has 0 aliphatic carbocycles. The molecule has 3 amide bonds. The number of hydrogen-bond donors (Lipinski definition) is 3. The van der Waals surface area contributed by atoms with Gasteiger partial charge in [-0.2, -0.15) is 0 Å². The largest absolute Gasteiger partial charge is 0.445 e. The summed E-state index contributed by atoms with van der Waals surface area (Å²) in [5, 5.41) is 8.46. The number of carbonyl (C=O) groups is 5. The summed E-state index contributed by atoms with van der Waals surface area (Å²) in [5.41, 5.74) is 0.862. The zero-order chi connectivity index (χ0) is 36.1. The Morgan fingerprint density at radius 3 is 2.52 bits per heavy atom. The lowest BCUT2D eigenvalue weighted by Crippen LogP contribution is -2.48. The van der Waals surface area contributed by atoms with Gasteiger partial charge in [0.25, 0.3) is 5.91 Å². The highest BCUT2D eigenvalue weighted by Gasteiger charge is 2.30. The molecule has 2 aliphatic heterocycles. The van der Waals surface area contributed by atoms with E-state index in [0.717, 1.165) is 18.4 Å². The molecule has 3 N–H and O–H groups in total. The molecule has 17 heteroatoms. The molecule has 3 rings (SSSR count). The van der Waals surface area contributed by atoms with E-state index in [4.69, 9.17) is 28.0 Å². The predicted molar refractivity (Wildman–Crippen MR) is 180 cm³/mol. The average molecular weight is 727 g/mol. The number of benzene rings is 1. The summed E-state index contributed by atoms with van der Waals surface area (Å²) >= 11 is 0. The van der Waals surface area contributed by atoms with E-state index in [2.05, 4.69) is 16.0 Å². The van der Waals surface area contributed by atoms with E-state index in [-0.39, 0.29) is 26.2 Å². The normalized spacial score (nSPS) is 18.3. The van der Waals surface area contributed by atoms with Gasteiger partial charge in [-0.05, 0) is 57.6 Å². The van der Waals surface area contributed by atoms with E-state index in [1.807, 2.05) is 37.3 Å². The van der Waals surface area contributed by atoms with Crippen LogP contribution in [0.3, 0.4) is 0 Å². The molecule has 50 heavy (non-hydrogen) atoms. The van der Waals surface area contributed by atoms with Gasteiger partial charge in [0.2, 0.25) is 0 Å². The second kappa shape index (κ2) is 23.0. The maximum Gasteiger partial charge on any atom is 0.410 e. The summed E-state index contributed by atoms with van der Waals surface area (Å²) in [6.07, 6.45) is 0.778. The SMILES string of the molecule is CCCCC(CO[PH](=O)OC(C)C(=O)OC(=O)[C@@H]1CCCN1)NC(=O)C(CCCCNC(=O)OCc1ccccc1)OC(=O)N1CCOCC1. The number of nitrogens with zero attached hydrogens (tertiary/aromatic N) is 1. The zero-order valence-electron chi connectivity index (χ0n) is 28.9. The Labute approximate surface area is 293 Å². The molecule has 0 saturated carbocycles. The number of unbranched alkanes of at least 4 members (excludes halogenated alkanes) is 2. The van der Waals surface area contributed by atoms with Gasteiger partial charge in [-0.15, -0.1) is 0 Å². The lowest BCUT2D eigenvalue weighted by atomic mass is 10.1. The van der Waals surface area contributed by atoms with Crippen molar-refractivity contribution < 1.29 is 56.5 Å². The van der Waals surface area contributed by atoms with Gasteiger partial charge >= 0.3 is 32.4 Å². The highest BCUT2D eigenvalue weighted by Crippen LogP contribution is 2.27. The predicted octanol–water partition coefficient (Wildman–Crippen LogP) is 3.23. The second-order valence-corrected chi connectivity index (χ2v) is 13.0. The van der Waals surface area contributed by atoms with Gasteiger partial charge in [0.05, 0.1) is 25.9 Å². The van der Waals surface area contributed by atoms with Crippen LogP contribution in [-0.2, 0) is 53.6 Å². The van der Waals surface area contributed by atoms with Crippen molar-refractivity contribution in [1.82, 2.24) is 20.9 Å². The molecule has 16 nitrogen and oxygen atoms in total. The third-order valence-corrected chi connectivity index (χ3v) is 8.93. The summed E-state index contributed by atoms with van der Waals surface area (Å²) in [6.45, 7) is 5.55. The minimum atomic E-state index is -3.22. The molecular formula is C33H51N4O12P. The number of nitrogens with one attached hydrogen (secondary N) is 3. The van der Waals surface area contributed by atoms with Crippen LogP contribution < -0.4 is 16.0 Å². The number of carbonyl (C=O) groups excluding carboxylic acids is 5. The van der Waals surface area contributed by atoms with Crippen LogP contribution in [-0.4, -0.2) is 105 Å². The summed E-state index contributed by atoms with van der Waals surface area (Å²) in [6, 6.07) is 8.11. The van der Waals surface area contributed by atoms with Crippen LogP contribution >= 0.6 is 8.25 Å². The summed E-state index contributed by atoms with van der Waals surface area (Å²) < 4.78 is 44.2. The second-order valence-electron chi connectivity index (χ2n) is 12.0. The molecule has 2 fully saturated rings. The molecule has 0 radical (unpaired) electrons. The van der Waals surface area contributed by atoms with Gasteiger partial charge < -0.3 is 44.3 Å². The van der Waals surface area contributed by atoms with Crippen LogP contribution in [0.15, 0.2) is 30.3 Å². The van der Waals surface area contributed by atoms with Crippen LogP contribution in [0.2, 0.25) is 0 Å². The fourth-order valence-corrected chi connectivity index (χ4v) is 5.87. The average Bonchev–Trinajstić information content (AvgIpc) is 3.67. The quantitative estimate of drug-likeness (QED) is 0.0583. The number of esters is 2. The Morgan fingerprint density at radius 1 is 1.06 bits per heavy atom. The van der Waals surface area contributed by atoms with Crippen LogP contribution in [0.4, 0.5) is 9.59 Å². The molecule has 1 aromatic rings. The van der Waals surface area contributed by atoms with E-state index in [9.17, 15) is 28.5 Å². The van der Waals surface area contributed by atoms with Gasteiger partial charge in [0.1, 0.15) is 12.6 Å². The highest BCUT2D eigenvalue weighted by molar-refractivity contribution is 7.33. The van der Waals surface area contributed by atoms with Crippen LogP contribution in [0.5, 0.6) is 0 Å². The van der Waals surface area contributed by atoms with Crippen LogP contribution in [0, 0.1) is 0 Å². The van der Waals surface area contributed by atoms with Crippen LogP contribution in [0.1, 0.15) is 70.8 Å². The minimum Gasteiger partial charge on any atom is -0.445 e. The molecular weight excluding hydrogens is 675 g/mol. The van der Waals surface area contributed by atoms with Crippen molar-refractivity contribution in [2.24, 2.45) is 0 Å². The monoisotopic (exact) mass is 726 g/mol. The molecule has 2 heterocycles. The zero-order valence-corrected chi connectivity index (χ0v) is 29.9. The number of alkyl carbamates (subject to hydrolysis) is 1. The molecule has 1 aromatic carbocycles. The fraction of sp³-hybridized carbons (Fsp3) is 0.667. The number of morpholine rings is 1. The van der Waals surface area contributed by atoms with E-state index < -0.39 is 62.6 Å². The minimum absolute atomic E-state index is 0.140. The number of rotatable bonds is 20. The van der Waals surface area contributed by atoms with Crippen molar-refractivity contribution in [3.8, 4) is 0 Å². The van der Waals surface area contributed by atoms with Gasteiger partial charge in [-0.25, -0.2) is 19.2 Å². The van der Waals surface area contributed by atoms with E-state index >= 15 is 0 Å². The lowest BCUT2D eigenvalue weighted by Gasteiger charge is -2.29. The van der Waals surface area contributed by atoms with Crippen molar-refractivity contribution >= 4 is 38.3 Å². The molecule has 0 spiro atoms. The van der Waals surface area contributed by atoms with Crippen molar-refractivity contribution in [1.29, 1.82) is 0 Å². The standard InChI is InChI=1S/C33H51N4O12P/c1-3-4-13-26(23-46-50(43)49-24(2)30(39)48-31(40)27-14-10-17-34-27)36-29(38)28(47-33(42)37-18-20-44-21-19-37)15-8-9-16-35-32(41)45-22-25-11-6-5-7-12-25/h5-7,11-12,24,26-28,34,50H,3-4,8-10,13-23H2,1-2H3,(H,35,41)(H,36,38)/t24?,26?,27-,28?/m0/s1. The van der Waals surface area contributed by atoms with E-state index in [0.29, 0.717) is 65.0 Å². The first-order valence-electron chi connectivity index (χ1n) is 17.3. The Morgan fingerprint density at radius 2 is 1.82 bits per heavy atom. The van der Waals surface area contributed by atoms with Gasteiger partial charge in [0, 0.05) is 19.6 Å². The maximum absolute atomic E-state index is 13.5. The van der Waals surface area contributed by atoms with Crippen molar-refractivity contribution in [3.05, 3.63) is 35.9 Å². The lowest BCUT2D eigenvalue weighted by molar-refractivity contribution is -0.165. The summed E-state index contributed by atoms with van der Waals surface area (Å²) in [5.74, 6) is -2.25. The first-order valence-corrected chi connectivity index (χ1v) is 18.5. The maximum atomic E-state index is 13.5. The Kier molecular flexibility index (Phi) is 18.8. The van der Waals surface area contributed by atoms with Gasteiger partial charge in [-0.1, -0.05) is 50.1 Å². The third kappa shape index (κ3) is 15.5. The molecule has 2 saturated heterocycles. The van der Waals surface area contributed by atoms with E-state index in [1.54, 1.807) is 0 Å². The van der Waals surface area contributed by atoms with Crippen LogP contribution in [0.25, 0.3) is 0 Å². The number of amides is 3. The Bertz CT molecular complexity index is 1240. The third-order valence-electron chi connectivity index (χ3n) is 7.99. The Balaban J connectivity index is 1.49. The Hall–Kier alpha value is -3.56. The topological polar surface area (TPSA) is 197 Å². The first-order chi connectivity index (χ1) is 24.2. The smallest absolute Gasteiger partial charge is 0.410 e. The molecule has 280 valence electrons. The fourth-order valence-electron chi connectivity index (χ4n) is 5.08. The number of hydrogen-bond acceptors (Lipinski definition) is 13. The molecule has 0 aromatic heterocycles. The first kappa shape index (κ1) is 40.9. The van der Waals surface area contributed by atoms with Gasteiger partial charge in [-0.3, -0.25) is 13.9 Å². The molecule has 4 unspecified atom stereocenters. The van der Waals surface area contributed by atoms with Crippen molar-refractivity contribution in [3.63, 3.8) is 0 Å². The molecule has 5 atom stereocenters. The van der Waals surface area contributed by atoms with Crippen molar-refractivity contribution in [2.75, 3.05) is 46.0 Å². The van der Waals surface area contributed by atoms with Gasteiger partial charge in [0.15, 0.2) is 12.2 Å². The van der Waals surface area contributed by atoms with Crippen molar-refractivity contribution in [2.45, 2.75) is 96.1 Å². The molecule has 0 bridgehead atoms. The molecule has 2 aliphatic rings.